The number of rotatable bonds is 2. The summed E-state index contributed by atoms with van der Waals surface area (Å²) in [6, 6.07) is 3.64. The monoisotopic (exact) mass is 336 g/mol. The average molecular weight is 337 g/mol. The van der Waals surface area contributed by atoms with Crippen molar-refractivity contribution in [1.29, 1.82) is 0 Å². The Morgan fingerprint density at radius 1 is 1.42 bits per heavy atom. The summed E-state index contributed by atoms with van der Waals surface area (Å²) in [5, 5.41) is 0. The predicted octanol–water partition coefficient (Wildman–Crippen LogP) is 3.26. The van der Waals surface area contributed by atoms with Crippen LogP contribution in [0.1, 0.15) is 12.0 Å². The van der Waals surface area contributed by atoms with Gasteiger partial charge < -0.3 is 9.47 Å². The van der Waals surface area contributed by atoms with Gasteiger partial charge in [0, 0.05) is 10.0 Å². The maximum atomic E-state index is 12.0. The van der Waals surface area contributed by atoms with Crippen molar-refractivity contribution in [2.45, 2.75) is 12.8 Å². The third-order valence-electron chi connectivity index (χ3n) is 1.86. The molecule has 0 amide bonds. The van der Waals surface area contributed by atoms with Crippen LogP contribution >= 0.6 is 15.9 Å². The van der Waals surface area contributed by atoms with Gasteiger partial charge in [-0.05, 0) is 34.1 Å². The van der Waals surface area contributed by atoms with Gasteiger partial charge in [0.1, 0.15) is 12.2 Å². The topological polar surface area (TPSA) is 35.5 Å². The van der Waals surface area contributed by atoms with Gasteiger partial charge in [0.15, 0.2) is 0 Å². The van der Waals surface area contributed by atoms with Crippen LogP contribution in [0.2, 0.25) is 0 Å². The van der Waals surface area contributed by atoms with Crippen LogP contribution in [-0.2, 0) is 9.53 Å². The molecule has 0 aliphatic rings. The van der Waals surface area contributed by atoms with Crippen molar-refractivity contribution in [1.82, 2.24) is 0 Å². The molecule has 0 spiro atoms. The standard InChI is InChI=1S/C12H8BrF3O3/c1-18-11(17)4-2-3-8-5-6-9(7-10(8)13)19-12(14,15)16/h5-7H,4H2,1H3. The molecule has 19 heavy (non-hydrogen) atoms. The largest absolute Gasteiger partial charge is 0.573 e. The molecular formula is C12H8BrF3O3. The summed E-state index contributed by atoms with van der Waals surface area (Å²) in [6.45, 7) is 0. The SMILES string of the molecule is COC(=O)CC#Cc1ccc(OC(F)(F)F)cc1Br. The fourth-order valence-corrected chi connectivity index (χ4v) is 1.53. The number of benzene rings is 1. The summed E-state index contributed by atoms with van der Waals surface area (Å²) in [5.41, 5.74) is 0.443. The summed E-state index contributed by atoms with van der Waals surface area (Å²) >= 11 is 3.07. The normalized spacial score (nSPS) is 10.4. The smallest absolute Gasteiger partial charge is 0.468 e. The Balaban J connectivity index is 2.80. The molecule has 0 bridgehead atoms. The number of hydrogen-bond acceptors (Lipinski definition) is 3. The van der Waals surface area contributed by atoms with Crippen LogP contribution in [0.15, 0.2) is 22.7 Å². The van der Waals surface area contributed by atoms with Crippen LogP contribution in [0, 0.1) is 11.8 Å². The van der Waals surface area contributed by atoms with E-state index >= 15 is 0 Å². The molecule has 0 aliphatic heterocycles. The Morgan fingerprint density at radius 3 is 2.63 bits per heavy atom. The first-order valence-electron chi connectivity index (χ1n) is 4.93. The van der Waals surface area contributed by atoms with Gasteiger partial charge in [-0.2, -0.15) is 0 Å². The first kappa shape index (κ1) is 15.4. The summed E-state index contributed by atoms with van der Waals surface area (Å²) in [7, 11) is 1.24. The second-order valence-electron chi connectivity index (χ2n) is 3.24. The first-order valence-corrected chi connectivity index (χ1v) is 5.72. The highest BCUT2D eigenvalue weighted by atomic mass is 79.9. The van der Waals surface area contributed by atoms with Crippen LogP contribution < -0.4 is 4.74 Å². The molecule has 0 saturated heterocycles. The quantitative estimate of drug-likeness (QED) is 0.614. The van der Waals surface area contributed by atoms with E-state index in [1.807, 2.05) is 0 Å². The average Bonchev–Trinajstić information content (AvgIpc) is 2.29. The number of carbonyl (C=O) groups excluding carboxylic acids is 1. The van der Waals surface area contributed by atoms with Crippen molar-refractivity contribution in [2.75, 3.05) is 7.11 Å². The van der Waals surface area contributed by atoms with Gasteiger partial charge in [-0.1, -0.05) is 11.8 Å². The number of carbonyl (C=O) groups is 1. The number of ether oxygens (including phenoxy) is 2. The molecule has 0 aromatic heterocycles. The van der Waals surface area contributed by atoms with E-state index in [4.69, 9.17) is 0 Å². The molecule has 1 aromatic rings. The van der Waals surface area contributed by atoms with E-state index in [0.717, 1.165) is 12.1 Å². The van der Waals surface area contributed by atoms with Crippen LogP contribution in [-0.4, -0.2) is 19.4 Å². The molecule has 3 nitrogen and oxygen atoms in total. The first-order chi connectivity index (χ1) is 8.81. The van der Waals surface area contributed by atoms with Gasteiger partial charge in [-0.25, -0.2) is 0 Å². The highest BCUT2D eigenvalue weighted by Crippen LogP contribution is 2.27. The molecule has 102 valence electrons. The Bertz CT molecular complexity index is 529. The Kier molecular flexibility index (Phi) is 5.24. The lowest BCUT2D eigenvalue weighted by atomic mass is 10.2. The molecular weight excluding hydrogens is 329 g/mol. The summed E-state index contributed by atoms with van der Waals surface area (Å²) < 4.78 is 44.4. The number of esters is 1. The number of halogens is 4. The second kappa shape index (κ2) is 6.48. The third-order valence-corrected chi connectivity index (χ3v) is 2.51. The maximum Gasteiger partial charge on any atom is 0.573 e. The van der Waals surface area contributed by atoms with E-state index in [-0.39, 0.29) is 12.2 Å². The minimum absolute atomic E-state index is 0.0935. The van der Waals surface area contributed by atoms with E-state index in [1.54, 1.807) is 0 Å². The molecule has 7 heteroatoms. The molecule has 1 rings (SSSR count). The number of alkyl halides is 3. The minimum Gasteiger partial charge on any atom is -0.468 e. The van der Waals surface area contributed by atoms with Crippen LogP contribution in [0.3, 0.4) is 0 Å². The van der Waals surface area contributed by atoms with Crippen molar-refractivity contribution >= 4 is 21.9 Å². The lowest BCUT2D eigenvalue weighted by Crippen LogP contribution is -2.17. The van der Waals surface area contributed by atoms with Crippen LogP contribution in [0.5, 0.6) is 5.75 Å². The second-order valence-corrected chi connectivity index (χ2v) is 4.10. The van der Waals surface area contributed by atoms with Crippen LogP contribution in [0.25, 0.3) is 0 Å². The van der Waals surface area contributed by atoms with Crippen molar-refractivity contribution in [2.24, 2.45) is 0 Å². The highest BCUT2D eigenvalue weighted by molar-refractivity contribution is 9.10. The van der Waals surface area contributed by atoms with E-state index in [9.17, 15) is 18.0 Å². The fourth-order valence-electron chi connectivity index (χ4n) is 1.08. The molecule has 0 fully saturated rings. The zero-order valence-electron chi connectivity index (χ0n) is 9.68. The van der Waals surface area contributed by atoms with Gasteiger partial charge >= 0.3 is 12.3 Å². The van der Waals surface area contributed by atoms with Crippen molar-refractivity contribution in [3.05, 3.63) is 28.2 Å². The molecule has 0 unspecified atom stereocenters. The summed E-state index contributed by atoms with van der Waals surface area (Å²) in [4.78, 5) is 10.8. The van der Waals surface area contributed by atoms with E-state index in [0.29, 0.717) is 10.0 Å². The molecule has 0 atom stereocenters. The predicted molar refractivity (Wildman–Crippen MR) is 64.3 cm³/mol. The van der Waals surface area contributed by atoms with E-state index < -0.39 is 12.3 Å². The van der Waals surface area contributed by atoms with Gasteiger partial charge in [0.2, 0.25) is 0 Å². The Labute approximate surface area is 115 Å². The molecule has 1 aromatic carbocycles. The van der Waals surface area contributed by atoms with Crippen molar-refractivity contribution in [3.63, 3.8) is 0 Å². The lowest BCUT2D eigenvalue weighted by Gasteiger charge is -2.09. The zero-order valence-corrected chi connectivity index (χ0v) is 11.3. The minimum atomic E-state index is -4.74. The zero-order chi connectivity index (χ0) is 14.5. The maximum absolute atomic E-state index is 12.0. The molecule has 0 saturated carbocycles. The van der Waals surface area contributed by atoms with Crippen molar-refractivity contribution < 1.29 is 27.4 Å². The summed E-state index contributed by atoms with van der Waals surface area (Å²) in [6.07, 6.45) is -4.83. The third kappa shape index (κ3) is 5.66. The number of methoxy groups -OCH3 is 1. The van der Waals surface area contributed by atoms with Gasteiger partial charge in [0.05, 0.1) is 7.11 Å². The fraction of sp³-hybridized carbons (Fsp3) is 0.250. The number of hydrogen-bond donors (Lipinski definition) is 0. The Hall–Kier alpha value is -1.68. The van der Waals surface area contributed by atoms with E-state index in [2.05, 4.69) is 37.2 Å². The van der Waals surface area contributed by atoms with Gasteiger partial charge in [-0.3, -0.25) is 4.79 Å². The molecule has 0 heterocycles. The van der Waals surface area contributed by atoms with E-state index in [1.165, 1.54) is 13.2 Å². The van der Waals surface area contributed by atoms with Crippen molar-refractivity contribution in [3.8, 4) is 17.6 Å². The van der Waals surface area contributed by atoms with Gasteiger partial charge in [0.25, 0.3) is 0 Å². The lowest BCUT2D eigenvalue weighted by molar-refractivity contribution is -0.274. The molecule has 0 N–H and O–H groups in total. The highest BCUT2D eigenvalue weighted by Gasteiger charge is 2.31. The molecule has 0 aliphatic carbocycles. The van der Waals surface area contributed by atoms with Gasteiger partial charge in [-0.15, -0.1) is 13.2 Å². The molecule has 0 radical (unpaired) electrons. The van der Waals surface area contributed by atoms with Crippen LogP contribution in [0.4, 0.5) is 13.2 Å². The Morgan fingerprint density at radius 2 is 2.11 bits per heavy atom. The summed E-state index contributed by atoms with van der Waals surface area (Å²) in [5.74, 6) is 4.34.